The summed E-state index contributed by atoms with van der Waals surface area (Å²) in [6, 6.07) is 0. The van der Waals surface area contributed by atoms with E-state index in [1.54, 1.807) is 141 Å². The minimum absolute atomic E-state index is 0.0747. The number of ether oxygens (including phenoxy) is 1. The van der Waals surface area contributed by atoms with Crippen LogP contribution in [0.5, 0.6) is 0 Å². The van der Waals surface area contributed by atoms with Gasteiger partial charge in [0, 0.05) is 70.8 Å². The minimum atomic E-state index is -3.34. The highest BCUT2D eigenvalue weighted by Gasteiger charge is 2.54. The van der Waals surface area contributed by atoms with Gasteiger partial charge in [-0.05, 0) is 111 Å². The Kier molecular flexibility index (Phi) is 13.1. The second kappa shape index (κ2) is 16.8. The molecular formula is C43H45O8S14. The summed E-state index contributed by atoms with van der Waals surface area (Å²) in [4.78, 5) is 52.0. The van der Waals surface area contributed by atoms with Crippen molar-refractivity contribution in [3.8, 4) is 0 Å². The number of rotatable bonds is 10. The Labute approximate surface area is 435 Å². The van der Waals surface area contributed by atoms with Crippen molar-refractivity contribution in [1.29, 1.82) is 0 Å². The first kappa shape index (κ1) is 50.5. The SMILES string of the molecule is CC1(C)Sc2c(c(C(=O)O)c3c(c2[C](c2c4c(c(C(=O)O)c5c2SC(C)(C)S5)SC(C)(C)S4)c2c4c(c(C(=O)OCCSS(C)(=O)=O)c5c2SC(C)(C)S5)SC(C)(C)S4)SC(C)(C)S3)S1. The summed E-state index contributed by atoms with van der Waals surface area (Å²) in [5.41, 5.74) is 4.05. The molecule has 0 amide bonds. The van der Waals surface area contributed by atoms with E-state index in [0.29, 0.717) is 16.7 Å². The van der Waals surface area contributed by atoms with Gasteiger partial charge in [0.15, 0.2) is 8.87 Å². The lowest BCUT2D eigenvalue weighted by molar-refractivity contribution is 0.0519. The Morgan fingerprint density at radius 2 is 0.646 bits per heavy atom. The number of carboxylic acids is 2. The molecule has 6 aliphatic heterocycles. The minimum Gasteiger partial charge on any atom is -0.478 e. The molecule has 2 N–H and O–H groups in total. The average Bonchev–Trinajstić information content (AvgIpc) is 3.93. The second-order valence-corrected chi connectivity index (χ2v) is 44.2. The van der Waals surface area contributed by atoms with Crippen molar-refractivity contribution in [3.63, 3.8) is 0 Å². The average molecular weight is 1140 g/mol. The number of carbonyl (C=O) groups excluding carboxylic acids is 1. The zero-order valence-electron chi connectivity index (χ0n) is 37.5. The summed E-state index contributed by atoms with van der Waals surface area (Å²) in [5.74, 6) is -1.37. The van der Waals surface area contributed by atoms with Gasteiger partial charge >= 0.3 is 17.9 Å². The van der Waals surface area contributed by atoms with Crippen LogP contribution in [0, 0.1) is 5.92 Å². The Morgan fingerprint density at radius 1 is 0.431 bits per heavy atom. The third kappa shape index (κ3) is 9.33. The zero-order chi connectivity index (χ0) is 47.5. The Hall–Kier alpha value is 0.570. The van der Waals surface area contributed by atoms with Gasteiger partial charge in [0.25, 0.3) is 0 Å². The smallest absolute Gasteiger partial charge is 0.340 e. The van der Waals surface area contributed by atoms with Crippen molar-refractivity contribution in [3.05, 3.63) is 39.3 Å². The quantitative estimate of drug-likeness (QED) is 0.0862. The fourth-order valence-corrected chi connectivity index (χ4v) is 27.5. The number of hydrogen-bond donors (Lipinski definition) is 2. The Morgan fingerprint density at radius 3 is 0.862 bits per heavy atom. The van der Waals surface area contributed by atoms with E-state index in [-0.39, 0.29) is 12.4 Å². The van der Waals surface area contributed by atoms with Gasteiger partial charge in [-0.15, -0.1) is 141 Å². The van der Waals surface area contributed by atoms with Gasteiger partial charge in [0.05, 0.1) is 47.1 Å². The van der Waals surface area contributed by atoms with E-state index in [2.05, 4.69) is 83.1 Å². The number of esters is 1. The predicted octanol–water partition coefficient (Wildman–Crippen LogP) is 15.6. The Balaban J connectivity index is 1.45. The number of hydrogen-bond acceptors (Lipinski definition) is 19. The molecule has 0 saturated carbocycles. The fourth-order valence-electron chi connectivity index (χ4n) is 8.25. The van der Waals surface area contributed by atoms with E-state index in [1.165, 1.54) is 0 Å². The van der Waals surface area contributed by atoms with E-state index in [0.717, 1.165) is 98.4 Å². The summed E-state index contributed by atoms with van der Waals surface area (Å²) < 4.78 is 27.5. The highest BCUT2D eigenvalue weighted by molar-refractivity contribution is 8.71. The first-order valence-corrected chi connectivity index (χ1v) is 33.3. The van der Waals surface area contributed by atoms with Crippen molar-refractivity contribution < 1.29 is 37.8 Å². The van der Waals surface area contributed by atoms with Gasteiger partial charge in [-0.3, -0.25) is 0 Å². The van der Waals surface area contributed by atoms with Crippen molar-refractivity contribution >= 4 is 179 Å². The van der Waals surface area contributed by atoms with Crippen LogP contribution in [0.4, 0.5) is 0 Å². The molecule has 0 bridgehead atoms. The Bertz CT molecular complexity index is 2560. The maximum absolute atomic E-state index is 14.7. The van der Waals surface area contributed by atoms with E-state index in [9.17, 15) is 33.0 Å². The lowest BCUT2D eigenvalue weighted by atomic mass is 9.83. The van der Waals surface area contributed by atoms with Gasteiger partial charge in [-0.2, -0.15) is 0 Å². The van der Waals surface area contributed by atoms with Crippen LogP contribution in [0.2, 0.25) is 0 Å². The summed E-state index contributed by atoms with van der Waals surface area (Å²) in [6.45, 7) is 25.7. The molecule has 3 aromatic rings. The van der Waals surface area contributed by atoms with Crippen molar-refractivity contribution in [1.82, 2.24) is 0 Å². The first-order chi connectivity index (χ1) is 29.8. The van der Waals surface area contributed by atoms with Gasteiger partial charge in [-0.25, -0.2) is 22.8 Å². The molecule has 8 nitrogen and oxygen atoms in total. The summed E-state index contributed by atoms with van der Waals surface area (Å²) >= 11 is 19.8. The van der Waals surface area contributed by atoms with E-state index < -0.39 is 51.3 Å². The van der Waals surface area contributed by atoms with Gasteiger partial charge in [0.1, 0.15) is 6.61 Å². The van der Waals surface area contributed by atoms with Crippen molar-refractivity contribution in [2.75, 3.05) is 18.6 Å². The second-order valence-electron chi connectivity index (χ2n) is 18.5. The molecule has 22 heteroatoms. The lowest BCUT2D eigenvalue weighted by Gasteiger charge is -2.31. The molecule has 65 heavy (non-hydrogen) atoms. The highest BCUT2D eigenvalue weighted by atomic mass is 33.1. The monoisotopic (exact) mass is 1140 g/mol. The first-order valence-electron chi connectivity index (χ1n) is 20.1. The molecule has 0 unspecified atom stereocenters. The molecule has 0 aliphatic carbocycles. The van der Waals surface area contributed by atoms with E-state index in [1.807, 2.05) is 0 Å². The van der Waals surface area contributed by atoms with Crippen LogP contribution in [0.1, 0.15) is 131 Å². The maximum atomic E-state index is 14.7. The van der Waals surface area contributed by atoms with Crippen LogP contribution in [0.25, 0.3) is 0 Å². The molecule has 0 aromatic heterocycles. The summed E-state index contributed by atoms with van der Waals surface area (Å²) in [7, 11) is -2.59. The van der Waals surface area contributed by atoms with Crippen molar-refractivity contribution in [2.45, 2.75) is 166 Å². The zero-order valence-corrected chi connectivity index (χ0v) is 48.9. The molecule has 9 rings (SSSR count). The van der Waals surface area contributed by atoms with Crippen LogP contribution in [-0.2, 0) is 13.6 Å². The molecule has 0 saturated heterocycles. The fraction of sp³-hybridized carbons (Fsp3) is 0.488. The topological polar surface area (TPSA) is 135 Å². The van der Waals surface area contributed by atoms with Crippen LogP contribution < -0.4 is 0 Å². The molecule has 6 heterocycles. The molecule has 349 valence electrons. The van der Waals surface area contributed by atoms with Gasteiger partial charge in [-0.1, -0.05) is 0 Å². The molecular weight excluding hydrogens is 1090 g/mol. The number of benzene rings is 3. The number of thioether (sulfide) groups is 12. The third-order valence-electron chi connectivity index (χ3n) is 10.1. The summed E-state index contributed by atoms with van der Waals surface area (Å²) in [6.07, 6.45) is 1.14. The maximum Gasteiger partial charge on any atom is 0.340 e. The molecule has 0 atom stereocenters. The van der Waals surface area contributed by atoms with E-state index in [4.69, 9.17) is 4.74 Å². The van der Waals surface area contributed by atoms with Crippen LogP contribution >= 0.6 is 152 Å². The van der Waals surface area contributed by atoms with Gasteiger partial charge < -0.3 is 14.9 Å². The summed E-state index contributed by atoms with van der Waals surface area (Å²) in [5, 5.41) is 22.3. The number of carboxylic acid groups (broad SMARTS) is 2. The molecule has 6 aliphatic rings. The number of aromatic carboxylic acids is 2. The third-order valence-corrected chi connectivity index (χ3v) is 29.7. The number of carbonyl (C=O) groups is 3. The normalized spacial score (nSPS) is 21.8. The standard InChI is InChI=1S/C43H45O8S14/c1-38(2)53-23-17(24-30(60-39(3,4)54-24)20(35(44)45)29(23)59-38)16(18-25-31(61-40(5,6)55-25)21(36(46)47)32-26(18)56-41(7,8)62-32)19-27-33(63-42(9,10)57-27)22(34-28(19)58-43(11,12)64-34)37(48)51-14-15-52-65(13,49)50/h14-15H2,1-13H3,(H,44,45)(H,46,47). The molecule has 0 spiro atoms. The lowest BCUT2D eigenvalue weighted by Crippen LogP contribution is -2.18. The number of fused-ring (bicyclic) bond motifs is 6. The van der Waals surface area contributed by atoms with Crippen LogP contribution in [0.15, 0.2) is 58.7 Å². The van der Waals surface area contributed by atoms with Crippen molar-refractivity contribution in [2.24, 2.45) is 0 Å². The molecule has 1 radical (unpaired) electrons. The van der Waals surface area contributed by atoms with E-state index >= 15 is 0 Å². The van der Waals surface area contributed by atoms with Crippen LogP contribution in [0.3, 0.4) is 0 Å². The van der Waals surface area contributed by atoms with Gasteiger partial charge in [0.2, 0.25) is 0 Å². The van der Waals surface area contributed by atoms with Crippen LogP contribution in [-0.4, -0.2) is 79.6 Å². The predicted molar refractivity (Wildman–Crippen MR) is 286 cm³/mol. The largest absolute Gasteiger partial charge is 0.478 e. The highest BCUT2D eigenvalue weighted by Crippen LogP contribution is 2.74. The molecule has 0 fully saturated rings. The molecule has 3 aromatic carbocycles.